The Morgan fingerprint density at radius 2 is 1.68 bits per heavy atom. The van der Waals surface area contributed by atoms with Crippen molar-refractivity contribution in [3.63, 3.8) is 0 Å². The summed E-state index contributed by atoms with van der Waals surface area (Å²) in [6, 6.07) is 21.1. The van der Waals surface area contributed by atoms with Crippen LogP contribution in [0.25, 0.3) is 11.1 Å². The van der Waals surface area contributed by atoms with Crippen molar-refractivity contribution in [3.05, 3.63) is 83.9 Å². The summed E-state index contributed by atoms with van der Waals surface area (Å²) >= 11 is 0. The van der Waals surface area contributed by atoms with Gasteiger partial charge in [0.25, 0.3) is 0 Å². The minimum Gasteiger partial charge on any atom is -0.396 e. The number of allylic oxidation sites excluding steroid dienone is 3. The van der Waals surface area contributed by atoms with Gasteiger partial charge in [0, 0.05) is 17.9 Å². The predicted molar refractivity (Wildman–Crippen MR) is 116 cm³/mol. The molecule has 0 aromatic heterocycles. The summed E-state index contributed by atoms with van der Waals surface area (Å²) in [6.07, 6.45) is 5.22. The Morgan fingerprint density at radius 1 is 1.00 bits per heavy atom. The molecule has 0 amide bonds. The van der Waals surface area contributed by atoms with Crippen LogP contribution < -0.4 is 0 Å². The van der Waals surface area contributed by atoms with Crippen molar-refractivity contribution in [1.82, 2.24) is 0 Å². The molecule has 0 aliphatic heterocycles. The first kappa shape index (κ1) is 19.2. The smallest absolute Gasteiger partial charge is 0.0583 e. The molecule has 28 heavy (non-hydrogen) atoms. The van der Waals surface area contributed by atoms with Crippen molar-refractivity contribution in [3.8, 4) is 0 Å². The summed E-state index contributed by atoms with van der Waals surface area (Å²) in [5.41, 5.74) is 6.21. The number of aliphatic hydroxyl groups excluding tert-OH is 2. The van der Waals surface area contributed by atoms with E-state index < -0.39 is 0 Å². The average Bonchev–Trinajstić information content (AvgIpc) is 3.24. The van der Waals surface area contributed by atoms with E-state index in [1.807, 2.05) is 6.07 Å². The molecule has 146 valence electrons. The van der Waals surface area contributed by atoms with Crippen LogP contribution in [-0.2, 0) is 0 Å². The van der Waals surface area contributed by atoms with Gasteiger partial charge in [-0.05, 0) is 60.8 Å². The van der Waals surface area contributed by atoms with Gasteiger partial charge in [0.1, 0.15) is 0 Å². The lowest BCUT2D eigenvalue weighted by Crippen LogP contribution is -2.29. The lowest BCUT2D eigenvalue weighted by atomic mass is 9.66. The predicted octanol–water partition coefficient (Wildman–Crippen LogP) is 5.48. The Hall–Kier alpha value is -2.16. The third-order valence-electron chi connectivity index (χ3n) is 6.81. The summed E-state index contributed by atoms with van der Waals surface area (Å²) in [6.45, 7) is 4.83. The van der Waals surface area contributed by atoms with Gasteiger partial charge in [0.2, 0.25) is 0 Å². The first-order valence-corrected chi connectivity index (χ1v) is 10.5. The van der Waals surface area contributed by atoms with E-state index in [4.69, 9.17) is 0 Å². The molecule has 2 N–H and O–H groups in total. The Kier molecular flexibility index (Phi) is 5.52. The van der Waals surface area contributed by atoms with Crippen molar-refractivity contribution in [2.75, 3.05) is 6.61 Å². The molecule has 3 atom stereocenters. The summed E-state index contributed by atoms with van der Waals surface area (Å²) in [7, 11) is 0. The zero-order valence-corrected chi connectivity index (χ0v) is 16.5. The first-order valence-electron chi connectivity index (χ1n) is 10.5. The van der Waals surface area contributed by atoms with Crippen molar-refractivity contribution in [2.45, 2.75) is 44.6 Å². The Morgan fingerprint density at radius 3 is 2.36 bits per heavy atom. The first-order chi connectivity index (χ1) is 13.7. The van der Waals surface area contributed by atoms with Crippen molar-refractivity contribution in [1.29, 1.82) is 0 Å². The van der Waals surface area contributed by atoms with Crippen molar-refractivity contribution < 1.29 is 10.2 Å². The molecule has 1 saturated carbocycles. The van der Waals surface area contributed by atoms with Gasteiger partial charge in [-0.1, -0.05) is 72.8 Å². The maximum atomic E-state index is 10.9. The molecule has 0 bridgehead atoms. The van der Waals surface area contributed by atoms with Crippen LogP contribution in [0.2, 0.25) is 0 Å². The van der Waals surface area contributed by atoms with Gasteiger partial charge in [-0.3, -0.25) is 0 Å². The van der Waals surface area contributed by atoms with E-state index in [0.29, 0.717) is 0 Å². The lowest BCUT2D eigenvalue weighted by molar-refractivity contribution is 0.119. The average molecular weight is 375 g/mol. The Bertz CT molecular complexity index is 853. The molecule has 0 heterocycles. The van der Waals surface area contributed by atoms with E-state index in [2.05, 4.69) is 61.2 Å². The zero-order chi connectivity index (χ0) is 19.6. The largest absolute Gasteiger partial charge is 0.396 e. The molecule has 2 heteroatoms. The fourth-order valence-electron chi connectivity index (χ4n) is 5.56. The number of rotatable bonds is 7. The number of hydrogen-bond donors (Lipinski definition) is 2. The Balaban J connectivity index is 1.85. The van der Waals surface area contributed by atoms with Gasteiger partial charge in [0.15, 0.2) is 0 Å². The number of benzene rings is 2. The summed E-state index contributed by atoms with van der Waals surface area (Å²) in [4.78, 5) is 0. The molecule has 2 nitrogen and oxygen atoms in total. The Labute approximate surface area is 168 Å². The second-order valence-corrected chi connectivity index (χ2v) is 8.26. The number of unbranched alkanes of at least 4 members (excludes halogenated alkanes) is 1. The standard InChI is InChI=1S/C26H30O2/c1-19(20-10-4-2-5-11-20)26-16-15-24(28)23(26)18-22(14-8-9-17-27)25(26)21-12-6-3-7-13-21/h2-7,10-13,23-24,27-28H,1,8-9,14-18H2. The monoisotopic (exact) mass is 374 g/mol. The molecule has 0 spiro atoms. The minimum atomic E-state index is -0.283. The molecule has 2 aliphatic rings. The van der Waals surface area contributed by atoms with Gasteiger partial charge in [-0.25, -0.2) is 0 Å². The van der Waals surface area contributed by atoms with Crippen LogP contribution in [0.5, 0.6) is 0 Å². The van der Waals surface area contributed by atoms with Gasteiger partial charge in [0.05, 0.1) is 6.10 Å². The SMILES string of the molecule is C=C(c1ccccc1)C12CCC(O)C1CC(CCCCO)=C2c1ccccc1. The molecule has 0 radical (unpaired) electrons. The maximum Gasteiger partial charge on any atom is 0.0583 e. The van der Waals surface area contributed by atoms with Crippen molar-refractivity contribution >= 4 is 11.1 Å². The van der Waals surface area contributed by atoms with Crippen LogP contribution in [-0.4, -0.2) is 22.9 Å². The zero-order valence-electron chi connectivity index (χ0n) is 16.5. The van der Waals surface area contributed by atoms with Gasteiger partial charge < -0.3 is 10.2 Å². The highest BCUT2D eigenvalue weighted by Crippen LogP contribution is 2.66. The van der Waals surface area contributed by atoms with E-state index >= 15 is 0 Å². The molecular weight excluding hydrogens is 344 g/mol. The van der Waals surface area contributed by atoms with Crippen LogP contribution in [0.3, 0.4) is 0 Å². The molecule has 0 saturated heterocycles. The molecule has 4 rings (SSSR count). The minimum absolute atomic E-state index is 0.194. The van der Waals surface area contributed by atoms with Crippen LogP contribution in [0, 0.1) is 11.3 Å². The normalized spacial score (nSPS) is 26.5. The van der Waals surface area contributed by atoms with Crippen molar-refractivity contribution in [2.24, 2.45) is 11.3 Å². The number of fused-ring (bicyclic) bond motifs is 1. The van der Waals surface area contributed by atoms with Gasteiger partial charge in [-0.2, -0.15) is 0 Å². The molecule has 1 fully saturated rings. The van der Waals surface area contributed by atoms with E-state index in [1.165, 1.54) is 22.3 Å². The van der Waals surface area contributed by atoms with E-state index in [1.54, 1.807) is 0 Å². The maximum absolute atomic E-state index is 10.9. The highest BCUT2D eigenvalue weighted by molar-refractivity contribution is 5.90. The summed E-state index contributed by atoms with van der Waals surface area (Å²) < 4.78 is 0. The molecule has 2 aliphatic carbocycles. The van der Waals surface area contributed by atoms with Gasteiger partial charge in [-0.15, -0.1) is 0 Å². The second kappa shape index (κ2) is 8.06. The highest BCUT2D eigenvalue weighted by Gasteiger charge is 2.56. The van der Waals surface area contributed by atoms with E-state index in [9.17, 15) is 10.2 Å². The fourth-order valence-corrected chi connectivity index (χ4v) is 5.56. The van der Waals surface area contributed by atoms with Crippen LogP contribution in [0.1, 0.15) is 49.7 Å². The second-order valence-electron chi connectivity index (χ2n) is 8.26. The third kappa shape index (κ3) is 3.15. The van der Waals surface area contributed by atoms with E-state index in [-0.39, 0.29) is 24.0 Å². The third-order valence-corrected chi connectivity index (χ3v) is 6.81. The van der Waals surface area contributed by atoms with Crippen LogP contribution in [0.15, 0.2) is 72.8 Å². The quantitative estimate of drug-likeness (QED) is 0.630. The summed E-state index contributed by atoms with van der Waals surface area (Å²) in [5.74, 6) is 0.194. The molecule has 2 aromatic carbocycles. The molecule has 2 aromatic rings. The highest BCUT2D eigenvalue weighted by atomic mass is 16.3. The molecule has 3 unspecified atom stereocenters. The van der Waals surface area contributed by atoms with E-state index in [0.717, 1.165) is 44.1 Å². The van der Waals surface area contributed by atoms with Crippen LogP contribution >= 0.6 is 0 Å². The topological polar surface area (TPSA) is 40.5 Å². The van der Waals surface area contributed by atoms with Gasteiger partial charge >= 0.3 is 0 Å². The molecular formula is C26H30O2. The fraction of sp³-hybridized carbons (Fsp3) is 0.385. The number of hydrogen-bond acceptors (Lipinski definition) is 2. The number of aliphatic hydroxyl groups is 2. The summed E-state index contributed by atoms with van der Waals surface area (Å²) in [5, 5.41) is 20.2. The van der Waals surface area contributed by atoms with Crippen LogP contribution in [0.4, 0.5) is 0 Å². The lowest BCUT2D eigenvalue weighted by Gasteiger charge is -2.37.